The van der Waals surface area contributed by atoms with Crippen LogP contribution < -0.4 is 14.8 Å². The van der Waals surface area contributed by atoms with Gasteiger partial charge in [0.05, 0.1) is 22.8 Å². The molecule has 0 saturated carbocycles. The number of benzene rings is 2. The minimum Gasteiger partial charge on any atom is -0.454 e. The average Bonchev–Trinajstić information content (AvgIpc) is 3.49. The fraction of sp³-hybridized carbons (Fsp3) is 0.286. The predicted molar refractivity (Wildman–Crippen MR) is 108 cm³/mol. The summed E-state index contributed by atoms with van der Waals surface area (Å²) in [7, 11) is 0. The zero-order chi connectivity index (χ0) is 19.8. The number of hydrogen-bond donors (Lipinski definition) is 1. The van der Waals surface area contributed by atoms with Gasteiger partial charge < -0.3 is 19.7 Å². The molecule has 2 amide bonds. The van der Waals surface area contributed by atoms with Crippen LogP contribution in [0.1, 0.15) is 34.2 Å². The Balaban J connectivity index is 1.25. The number of nitrogens with zero attached hydrogens (tertiary/aromatic N) is 2. The van der Waals surface area contributed by atoms with Crippen molar-refractivity contribution < 1.29 is 19.1 Å². The van der Waals surface area contributed by atoms with Gasteiger partial charge in [-0.2, -0.15) is 0 Å². The molecule has 7 nitrogen and oxygen atoms in total. The lowest BCUT2D eigenvalue weighted by atomic mass is 10.2. The summed E-state index contributed by atoms with van der Waals surface area (Å²) in [6, 6.07) is 13.0. The van der Waals surface area contributed by atoms with E-state index in [9.17, 15) is 9.59 Å². The molecular weight excluding hydrogens is 390 g/mol. The molecule has 2 aliphatic heterocycles. The summed E-state index contributed by atoms with van der Waals surface area (Å²) in [5.41, 5.74) is 1.40. The highest BCUT2D eigenvalue weighted by molar-refractivity contribution is 7.18. The van der Waals surface area contributed by atoms with Crippen LogP contribution in [0.15, 0.2) is 42.5 Å². The molecule has 1 saturated heterocycles. The van der Waals surface area contributed by atoms with Crippen molar-refractivity contribution in [3.8, 4) is 11.5 Å². The normalized spacial score (nSPS) is 17.7. The molecule has 1 atom stereocenters. The van der Waals surface area contributed by atoms with E-state index in [0.29, 0.717) is 23.6 Å². The van der Waals surface area contributed by atoms with Crippen LogP contribution in [-0.2, 0) is 4.79 Å². The second-order valence-corrected chi connectivity index (χ2v) is 8.08. The van der Waals surface area contributed by atoms with Gasteiger partial charge in [-0.25, -0.2) is 4.98 Å². The fourth-order valence-electron chi connectivity index (χ4n) is 3.75. The van der Waals surface area contributed by atoms with E-state index in [4.69, 9.17) is 14.5 Å². The van der Waals surface area contributed by atoms with Gasteiger partial charge in [-0.15, -0.1) is 11.3 Å². The molecular formula is C21H19N3O4S. The van der Waals surface area contributed by atoms with Crippen molar-refractivity contribution in [2.24, 2.45) is 0 Å². The molecule has 8 heteroatoms. The third kappa shape index (κ3) is 3.40. The van der Waals surface area contributed by atoms with E-state index < -0.39 is 0 Å². The first-order valence-electron chi connectivity index (χ1n) is 9.52. The van der Waals surface area contributed by atoms with Crippen LogP contribution in [0.2, 0.25) is 0 Å². The number of likely N-dealkylation sites (tertiary alicyclic amines) is 1. The van der Waals surface area contributed by atoms with Crippen LogP contribution in [-0.4, -0.2) is 41.6 Å². The van der Waals surface area contributed by atoms with Crippen LogP contribution in [0.5, 0.6) is 11.5 Å². The van der Waals surface area contributed by atoms with Crippen LogP contribution in [0.3, 0.4) is 0 Å². The molecule has 148 valence electrons. The lowest BCUT2D eigenvalue weighted by Crippen LogP contribution is -2.39. The maximum atomic E-state index is 12.8. The number of aromatic nitrogens is 1. The zero-order valence-corrected chi connectivity index (χ0v) is 16.4. The second kappa shape index (κ2) is 7.36. The Morgan fingerprint density at radius 1 is 1.17 bits per heavy atom. The summed E-state index contributed by atoms with van der Waals surface area (Å²) in [6.45, 7) is 0.787. The minimum atomic E-state index is -0.313. The number of hydrogen-bond acceptors (Lipinski definition) is 6. The highest BCUT2D eigenvalue weighted by atomic mass is 32.1. The number of para-hydroxylation sites is 1. The number of carbonyl (C=O) groups excluding carboxylic acids is 2. The molecule has 3 aromatic rings. The van der Waals surface area contributed by atoms with Gasteiger partial charge in [0.2, 0.25) is 12.7 Å². The Kier molecular flexibility index (Phi) is 4.55. The van der Waals surface area contributed by atoms with Crippen LogP contribution in [0.25, 0.3) is 10.2 Å². The topological polar surface area (TPSA) is 80.8 Å². The maximum Gasteiger partial charge on any atom is 0.251 e. The van der Waals surface area contributed by atoms with Crippen LogP contribution in [0.4, 0.5) is 0 Å². The van der Waals surface area contributed by atoms with E-state index in [1.807, 2.05) is 29.2 Å². The van der Waals surface area contributed by atoms with Crippen molar-refractivity contribution in [2.45, 2.75) is 18.9 Å². The molecule has 5 rings (SSSR count). The van der Waals surface area contributed by atoms with Crippen molar-refractivity contribution >= 4 is 33.4 Å². The highest BCUT2D eigenvalue weighted by Crippen LogP contribution is 2.36. The third-order valence-corrected chi connectivity index (χ3v) is 6.34. The molecule has 2 aliphatic rings. The van der Waals surface area contributed by atoms with E-state index in [1.54, 1.807) is 29.5 Å². The number of rotatable bonds is 4. The first-order chi connectivity index (χ1) is 14.2. The van der Waals surface area contributed by atoms with Gasteiger partial charge >= 0.3 is 0 Å². The Morgan fingerprint density at radius 2 is 2.03 bits per heavy atom. The number of fused-ring (bicyclic) bond motifs is 2. The molecule has 0 spiro atoms. The Labute approximate surface area is 171 Å². The molecule has 0 aliphatic carbocycles. The molecule has 3 heterocycles. The Hall–Kier alpha value is -3.13. The van der Waals surface area contributed by atoms with E-state index in [0.717, 1.165) is 28.1 Å². The van der Waals surface area contributed by atoms with Gasteiger partial charge in [-0.3, -0.25) is 9.59 Å². The van der Waals surface area contributed by atoms with E-state index in [-0.39, 0.29) is 31.2 Å². The highest BCUT2D eigenvalue weighted by Gasteiger charge is 2.32. The first kappa shape index (κ1) is 17.9. The van der Waals surface area contributed by atoms with E-state index in [1.165, 1.54) is 0 Å². The summed E-state index contributed by atoms with van der Waals surface area (Å²) >= 11 is 1.63. The Morgan fingerprint density at radius 3 is 2.93 bits per heavy atom. The summed E-state index contributed by atoms with van der Waals surface area (Å²) < 4.78 is 11.7. The van der Waals surface area contributed by atoms with Crippen molar-refractivity contribution in [1.29, 1.82) is 0 Å². The Bertz CT molecular complexity index is 1060. The van der Waals surface area contributed by atoms with Crippen molar-refractivity contribution in [2.75, 3.05) is 19.9 Å². The standard InChI is InChI=1S/C21H19N3O4S/c25-19(11-22-20(26)13-7-8-16-17(10-13)28-12-27-16)24-9-3-5-15(24)21-23-14-4-1-2-6-18(14)29-21/h1-2,4,6-8,10,15H,3,5,9,11-12H2,(H,22,26)/t15-/m1/s1. The number of ether oxygens (including phenoxy) is 2. The molecule has 1 N–H and O–H groups in total. The number of amides is 2. The largest absolute Gasteiger partial charge is 0.454 e. The number of nitrogens with one attached hydrogen (secondary N) is 1. The van der Waals surface area contributed by atoms with E-state index in [2.05, 4.69) is 5.32 Å². The van der Waals surface area contributed by atoms with Gasteiger partial charge in [-0.1, -0.05) is 12.1 Å². The average molecular weight is 409 g/mol. The van der Waals surface area contributed by atoms with Crippen molar-refractivity contribution in [3.63, 3.8) is 0 Å². The molecule has 0 radical (unpaired) electrons. The zero-order valence-electron chi connectivity index (χ0n) is 15.6. The van der Waals surface area contributed by atoms with E-state index >= 15 is 0 Å². The fourth-order valence-corrected chi connectivity index (χ4v) is 4.87. The monoisotopic (exact) mass is 409 g/mol. The summed E-state index contributed by atoms with van der Waals surface area (Å²) in [5.74, 6) is 0.751. The van der Waals surface area contributed by atoms with Gasteiger partial charge in [0, 0.05) is 12.1 Å². The number of thiazole rings is 1. The molecule has 29 heavy (non-hydrogen) atoms. The van der Waals surface area contributed by atoms with Gasteiger partial charge in [0.1, 0.15) is 5.01 Å². The molecule has 0 unspecified atom stereocenters. The smallest absolute Gasteiger partial charge is 0.251 e. The summed E-state index contributed by atoms with van der Waals surface area (Å²) in [4.78, 5) is 31.8. The van der Waals surface area contributed by atoms with Crippen LogP contribution in [0, 0.1) is 0 Å². The van der Waals surface area contributed by atoms with Gasteiger partial charge in [-0.05, 0) is 43.2 Å². The predicted octanol–water partition coefficient (Wildman–Crippen LogP) is 3.12. The lowest BCUT2D eigenvalue weighted by molar-refractivity contribution is -0.131. The van der Waals surface area contributed by atoms with Crippen molar-refractivity contribution in [1.82, 2.24) is 15.2 Å². The second-order valence-electron chi connectivity index (χ2n) is 7.02. The minimum absolute atomic E-state index is 0.0256. The molecule has 2 aromatic carbocycles. The molecule has 0 bridgehead atoms. The summed E-state index contributed by atoms with van der Waals surface area (Å²) in [5, 5.41) is 3.68. The van der Waals surface area contributed by atoms with Gasteiger partial charge in [0.25, 0.3) is 5.91 Å². The quantitative estimate of drug-likeness (QED) is 0.716. The SMILES string of the molecule is O=C(NCC(=O)N1CCC[C@@H]1c1nc2ccccc2s1)c1ccc2c(c1)OCO2. The number of carbonyl (C=O) groups is 2. The molecule has 1 aromatic heterocycles. The van der Waals surface area contributed by atoms with Gasteiger partial charge in [0.15, 0.2) is 11.5 Å². The van der Waals surface area contributed by atoms with Crippen molar-refractivity contribution in [3.05, 3.63) is 53.0 Å². The first-order valence-corrected chi connectivity index (χ1v) is 10.3. The molecule has 1 fully saturated rings. The summed E-state index contributed by atoms with van der Waals surface area (Å²) in [6.07, 6.45) is 1.82. The van der Waals surface area contributed by atoms with Crippen LogP contribution >= 0.6 is 11.3 Å². The lowest BCUT2D eigenvalue weighted by Gasteiger charge is -2.23. The third-order valence-electron chi connectivity index (χ3n) is 5.20. The maximum absolute atomic E-state index is 12.8.